The fourth-order valence-electron chi connectivity index (χ4n) is 8.22. The molecule has 72 heavy (non-hydrogen) atoms. The molecule has 0 radical (unpaired) electrons. The maximum Gasteiger partial charge on any atom is 0.343 e. The van der Waals surface area contributed by atoms with Crippen LogP contribution in [0, 0.1) is 0 Å². The summed E-state index contributed by atoms with van der Waals surface area (Å²) in [4.78, 5) is 53.5. The standard InChI is InChI=1S/C62H78O8S2/c1-3-5-7-9-11-13-15-17-19-21-23-25-46-67-53-38-30-51(31-39-53)61(65)71-57-42-34-49(35-43-57)59(63)69-55-28-27-29-56(48-55)70-60(64)50-36-44-58(45-37-50)72-62(66)52-32-40-54(41-33-52)68-47-26-24-22-20-18-16-14-12-10-8-6-4-2/h27-45,48H,3-26,46-47H2,1-2H3. The molecular weight excluding hydrogens is 937 g/mol. The minimum Gasteiger partial charge on any atom is -0.494 e. The minimum atomic E-state index is -0.600. The summed E-state index contributed by atoms with van der Waals surface area (Å²) in [6.45, 7) is 5.86. The summed E-state index contributed by atoms with van der Waals surface area (Å²) < 4.78 is 23.0. The van der Waals surface area contributed by atoms with Crippen molar-refractivity contribution in [3.8, 4) is 23.0 Å². The molecule has 5 rings (SSSR count). The molecule has 5 aromatic carbocycles. The van der Waals surface area contributed by atoms with E-state index in [2.05, 4.69) is 13.8 Å². The highest BCUT2D eigenvalue weighted by molar-refractivity contribution is 8.14. The van der Waals surface area contributed by atoms with E-state index in [-0.39, 0.29) is 21.7 Å². The van der Waals surface area contributed by atoms with Crippen LogP contribution in [-0.2, 0) is 0 Å². The molecule has 386 valence electrons. The number of esters is 2. The van der Waals surface area contributed by atoms with E-state index in [0.29, 0.717) is 45.3 Å². The quantitative estimate of drug-likeness (QED) is 0.0167. The molecular formula is C62H78O8S2. The molecule has 0 bridgehead atoms. The fraction of sp³-hybridized carbons (Fsp3) is 0.452. The van der Waals surface area contributed by atoms with Crippen LogP contribution in [0.4, 0.5) is 0 Å². The van der Waals surface area contributed by atoms with E-state index in [4.69, 9.17) is 18.9 Å². The van der Waals surface area contributed by atoms with Gasteiger partial charge in [0.1, 0.15) is 23.0 Å². The second-order valence-electron chi connectivity index (χ2n) is 18.6. The number of carbonyl (C=O) groups is 4. The van der Waals surface area contributed by atoms with Gasteiger partial charge in [0.2, 0.25) is 10.2 Å². The van der Waals surface area contributed by atoms with Crippen LogP contribution in [0.25, 0.3) is 0 Å². The molecule has 5 aromatic rings. The number of hydrogen-bond donors (Lipinski definition) is 0. The second-order valence-corrected chi connectivity index (χ2v) is 20.7. The van der Waals surface area contributed by atoms with Crippen molar-refractivity contribution in [2.24, 2.45) is 0 Å². The van der Waals surface area contributed by atoms with Gasteiger partial charge in [-0.2, -0.15) is 0 Å². The number of hydrogen-bond acceptors (Lipinski definition) is 10. The maximum atomic E-state index is 13.1. The molecule has 8 nitrogen and oxygen atoms in total. The zero-order valence-corrected chi connectivity index (χ0v) is 44.6. The van der Waals surface area contributed by atoms with E-state index in [9.17, 15) is 19.2 Å². The van der Waals surface area contributed by atoms with E-state index in [1.165, 1.54) is 147 Å². The van der Waals surface area contributed by atoms with Gasteiger partial charge in [-0.05, 0) is 146 Å². The zero-order valence-electron chi connectivity index (χ0n) is 43.0. The largest absolute Gasteiger partial charge is 0.494 e. The van der Waals surface area contributed by atoms with Crippen LogP contribution in [0.5, 0.6) is 23.0 Å². The molecule has 0 spiro atoms. The smallest absolute Gasteiger partial charge is 0.343 e. The van der Waals surface area contributed by atoms with Crippen molar-refractivity contribution in [1.82, 2.24) is 0 Å². The third-order valence-corrected chi connectivity index (χ3v) is 14.4. The van der Waals surface area contributed by atoms with Gasteiger partial charge in [0.15, 0.2) is 0 Å². The maximum absolute atomic E-state index is 13.1. The summed E-state index contributed by atoms with van der Waals surface area (Å²) in [6.07, 6.45) is 31.2. The molecule has 0 amide bonds. The van der Waals surface area contributed by atoms with Crippen molar-refractivity contribution in [3.05, 3.63) is 144 Å². The van der Waals surface area contributed by atoms with Crippen molar-refractivity contribution in [2.45, 2.75) is 178 Å². The van der Waals surface area contributed by atoms with Crippen molar-refractivity contribution in [3.63, 3.8) is 0 Å². The Balaban J connectivity index is 0.947. The van der Waals surface area contributed by atoms with E-state index < -0.39 is 11.9 Å². The fourth-order valence-corrected chi connectivity index (χ4v) is 9.70. The average molecular weight is 1020 g/mol. The summed E-state index contributed by atoms with van der Waals surface area (Å²) in [6, 6.07) is 34.0. The molecule has 10 heteroatoms. The lowest BCUT2D eigenvalue weighted by Gasteiger charge is -2.09. The first kappa shape index (κ1) is 57.6. The molecule has 0 saturated carbocycles. The highest BCUT2D eigenvalue weighted by Crippen LogP contribution is 2.28. The van der Waals surface area contributed by atoms with E-state index in [1.807, 2.05) is 24.3 Å². The van der Waals surface area contributed by atoms with Crippen molar-refractivity contribution < 1.29 is 38.1 Å². The first-order chi connectivity index (χ1) is 35.3. The Morgan fingerprint density at radius 3 is 0.944 bits per heavy atom. The molecule has 0 aliphatic carbocycles. The Morgan fingerprint density at radius 1 is 0.333 bits per heavy atom. The van der Waals surface area contributed by atoms with Gasteiger partial charge in [0.25, 0.3) is 0 Å². The van der Waals surface area contributed by atoms with Crippen LogP contribution in [0.1, 0.15) is 209 Å². The summed E-state index contributed by atoms with van der Waals surface area (Å²) in [5.74, 6) is 0.708. The van der Waals surface area contributed by atoms with Gasteiger partial charge in [0.05, 0.1) is 24.3 Å². The Hall–Kier alpha value is -5.32. The second kappa shape index (κ2) is 34.9. The molecule has 0 N–H and O–H groups in total. The monoisotopic (exact) mass is 1010 g/mol. The van der Waals surface area contributed by atoms with Crippen molar-refractivity contribution in [1.29, 1.82) is 0 Å². The van der Waals surface area contributed by atoms with Gasteiger partial charge in [-0.25, -0.2) is 9.59 Å². The average Bonchev–Trinajstić information content (AvgIpc) is 3.40. The van der Waals surface area contributed by atoms with Gasteiger partial charge in [-0.15, -0.1) is 0 Å². The van der Waals surface area contributed by atoms with E-state index >= 15 is 0 Å². The molecule has 0 fully saturated rings. The van der Waals surface area contributed by atoms with Gasteiger partial charge >= 0.3 is 11.9 Å². The highest BCUT2D eigenvalue weighted by Gasteiger charge is 2.15. The van der Waals surface area contributed by atoms with Crippen LogP contribution in [0.15, 0.2) is 131 Å². The lowest BCUT2D eigenvalue weighted by atomic mass is 10.1. The minimum absolute atomic E-state index is 0.114. The van der Waals surface area contributed by atoms with Crippen LogP contribution in [0.3, 0.4) is 0 Å². The Kier molecular flexibility index (Phi) is 27.9. The van der Waals surface area contributed by atoms with Crippen LogP contribution >= 0.6 is 23.5 Å². The van der Waals surface area contributed by atoms with Gasteiger partial charge < -0.3 is 18.9 Å². The van der Waals surface area contributed by atoms with Gasteiger partial charge in [0, 0.05) is 27.0 Å². The van der Waals surface area contributed by atoms with Gasteiger partial charge in [-0.1, -0.05) is 161 Å². The number of ether oxygens (including phenoxy) is 4. The van der Waals surface area contributed by atoms with Crippen LogP contribution in [-0.4, -0.2) is 35.4 Å². The first-order valence-electron chi connectivity index (χ1n) is 27.0. The van der Waals surface area contributed by atoms with Crippen LogP contribution < -0.4 is 18.9 Å². The third-order valence-electron chi connectivity index (χ3n) is 12.5. The number of benzene rings is 5. The number of unbranched alkanes of at least 4 members (excludes halogenated alkanes) is 22. The number of thioether (sulfide) groups is 2. The summed E-state index contributed by atoms with van der Waals surface area (Å²) in [5.41, 5.74) is 1.72. The molecule has 0 aliphatic heterocycles. The summed E-state index contributed by atoms with van der Waals surface area (Å²) >= 11 is 2.16. The zero-order chi connectivity index (χ0) is 50.9. The molecule has 0 aliphatic rings. The van der Waals surface area contributed by atoms with E-state index in [1.54, 1.807) is 91.0 Å². The third kappa shape index (κ3) is 23.0. The summed E-state index contributed by atoms with van der Waals surface area (Å²) in [7, 11) is 0. The lowest BCUT2D eigenvalue weighted by Crippen LogP contribution is -2.10. The highest BCUT2D eigenvalue weighted by atomic mass is 32.2. The van der Waals surface area contributed by atoms with E-state index in [0.717, 1.165) is 47.9 Å². The summed E-state index contributed by atoms with van der Waals surface area (Å²) in [5, 5.41) is -0.228. The molecule has 0 unspecified atom stereocenters. The van der Waals surface area contributed by atoms with Crippen molar-refractivity contribution >= 4 is 45.7 Å². The number of rotatable bonds is 36. The Labute approximate surface area is 439 Å². The van der Waals surface area contributed by atoms with Gasteiger partial charge in [-0.3, -0.25) is 9.59 Å². The predicted molar refractivity (Wildman–Crippen MR) is 296 cm³/mol. The van der Waals surface area contributed by atoms with Crippen molar-refractivity contribution in [2.75, 3.05) is 13.2 Å². The Bertz CT molecular complexity index is 2150. The molecule has 0 heterocycles. The lowest BCUT2D eigenvalue weighted by molar-refractivity contribution is 0.0732. The molecule has 0 aromatic heterocycles. The predicted octanol–water partition coefficient (Wildman–Crippen LogP) is 18.1. The molecule has 0 atom stereocenters. The molecule has 0 saturated heterocycles. The van der Waals surface area contributed by atoms with Crippen LogP contribution in [0.2, 0.25) is 0 Å². The number of carbonyl (C=O) groups excluding carboxylic acids is 4. The Morgan fingerprint density at radius 2 is 0.625 bits per heavy atom. The normalized spacial score (nSPS) is 11.0. The first-order valence-corrected chi connectivity index (χ1v) is 28.6. The SMILES string of the molecule is CCCCCCCCCCCCCCOc1ccc(C(=O)Sc2ccc(C(=O)Oc3cccc(OC(=O)c4ccc(SC(=O)c5ccc(OCCCCCCCCCCCCCC)cc5)cc4)c3)cc2)cc1. The topological polar surface area (TPSA) is 105 Å².